The summed E-state index contributed by atoms with van der Waals surface area (Å²) in [5.74, 6) is -0.295. The molecule has 2 saturated heterocycles. The zero-order valence-electron chi connectivity index (χ0n) is 11.9. The van der Waals surface area contributed by atoms with E-state index in [-0.39, 0.29) is 23.8 Å². The molecule has 1 N–H and O–H groups in total. The van der Waals surface area contributed by atoms with Gasteiger partial charge in [0.2, 0.25) is 11.8 Å². The van der Waals surface area contributed by atoms with Crippen LogP contribution in [-0.2, 0) is 9.59 Å². The summed E-state index contributed by atoms with van der Waals surface area (Å²) in [5.41, 5.74) is 1.54. The molecule has 4 rings (SSSR count). The monoisotopic (exact) mass is 297 g/mol. The van der Waals surface area contributed by atoms with Gasteiger partial charge in [0.25, 0.3) is 5.91 Å². The number of hydrogen-bond donors (Lipinski definition) is 1. The molecule has 0 bridgehead atoms. The molecule has 2 aliphatic rings. The highest BCUT2D eigenvalue weighted by Crippen LogP contribution is 2.24. The van der Waals surface area contributed by atoms with E-state index in [0.717, 1.165) is 10.9 Å². The first-order valence-corrected chi connectivity index (χ1v) is 7.35. The number of amides is 3. The topological polar surface area (TPSA) is 73.5 Å². The van der Waals surface area contributed by atoms with Gasteiger partial charge in [0.05, 0.1) is 6.04 Å². The maximum Gasteiger partial charge on any atom is 0.254 e. The first-order chi connectivity index (χ1) is 10.6. The summed E-state index contributed by atoms with van der Waals surface area (Å²) in [5, 5.41) is 1.06. The van der Waals surface area contributed by atoms with Gasteiger partial charge in [0.1, 0.15) is 0 Å². The Kier molecular flexibility index (Phi) is 2.79. The normalized spacial score (nSPS) is 19.1. The summed E-state index contributed by atoms with van der Waals surface area (Å²) in [6.07, 6.45) is 2.43. The van der Waals surface area contributed by atoms with Crippen molar-refractivity contribution in [2.45, 2.75) is 18.9 Å². The number of imide groups is 1. The van der Waals surface area contributed by atoms with Gasteiger partial charge in [-0.3, -0.25) is 19.3 Å². The van der Waals surface area contributed by atoms with E-state index in [1.54, 1.807) is 11.0 Å². The Balaban J connectivity index is 1.47. The molecule has 2 aliphatic heterocycles. The summed E-state index contributed by atoms with van der Waals surface area (Å²) in [6.45, 7) is 0.859. The minimum absolute atomic E-state index is 0.0631. The number of fused-ring (bicyclic) bond motifs is 1. The molecule has 0 unspecified atom stereocenters. The Bertz CT molecular complexity index is 773. The van der Waals surface area contributed by atoms with E-state index in [4.69, 9.17) is 0 Å². The molecule has 1 aromatic heterocycles. The summed E-state index contributed by atoms with van der Waals surface area (Å²) >= 11 is 0. The van der Waals surface area contributed by atoms with Crippen LogP contribution < -0.4 is 0 Å². The highest BCUT2D eigenvalue weighted by molar-refractivity contribution is 6.03. The van der Waals surface area contributed by atoms with Gasteiger partial charge in [-0.2, -0.15) is 0 Å². The van der Waals surface area contributed by atoms with Crippen LogP contribution in [0.2, 0.25) is 0 Å². The average molecular weight is 297 g/mol. The zero-order chi connectivity index (χ0) is 15.3. The SMILES string of the molecule is O=C(c1ccc2cc[nH]c2c1)N1CC(N2C(=O)CCC2=O)C1. The molecule has 3 amide bonds. The molecule has 6 heteroatoms. The number of aromatic nitrogens is 1. The van der Waals surface area contributed by atoms with Gasteiger partial charge in [-0.25, -0.2) is 0 Å². The number of nitrogens with one attached hydrogen (secondary N) is 1. The van der Waals surface area contributed by atoms with Gasteiger partial charge in [-0.1, -0.05) is 6.07 Å². The van der Waals surface area contributed by atoms with Crippen molar-refractivity contribution in [3.8, 4) is 0 Å². The van der Waals surface area contributed by atoms with Crippen LogP contribution in [0.5, 0.6) is 0 Å². The standard InChI is InChI=1S/C16H15N3O3/c20-14-3-4-15(21)19(14)12-8-18(9-12)16(22)11-2-1-10-5-6-17-13(10)7-11/h1-2,5-7,12,17H,3-4,8-9H2. The molecule has 0 atom stereocenters. The van der Waals surface area contributed by atoms with Gasteiger partial charge in [-0.15, -0.1) is 0 Å². The van der Waals surface area contributed by atoms with Gasteiger partial charge in [-0.05, 0) is 23.6 Å². The minimum Gasteiger partial charge on any atom is -0.361 e. The van der Waals surface area contributed by atoms with Crippen LogP contribution >= 0.6 is 0 Å². The maximum atomic E-state index is 12.4. The lowest BCUT2D eigenvalue weighted by Crippen LogP contribution is -2.62. The predicted octanol–water partition coefficient (Wildman–Crippen LogP) is 1.14. The number of carbonyl (C=O) groups is 3. The fraction of sp³-hybridized carbons (Fsp3) is 0.312. The molecule has 2 fully saturated rings. The highest BCUT2D eigenvalue weighted by atomic mass is 16.2. The molecule has 0 aliphatic carbocycles. The fourth-order valence-electron chi connectivity index (χ4n) is 3.15. The molecule has 3 heterocycles. The molecule has 22 heavy (non-hydrogen) atoms. The number of H-pyrrole nitrogens is 1. The van der Waals surface area contributed by atoms with Crippen molar-refractivity contribution in [3.63, 3.8) is 0 Å². The van der Waals surface area contributed by atoms with E-state index in [1.807, 2.05) is 24.4 Å². The molecule has 1 aromatic carbocycles. The number of hydrogen-bond acceptors (Lipinski definition) is 3. The second kappa shape index (κ2) is 4.69. The van der Waals surface area contributed by atoms with Crippen LogP contribution in [0.1, 0.15) is 23.2 Å². The van der Waals surface area contributed by atoms with Crippen molar-refractivity contribution >= 4 is 28.6 Å². The summed E-state index contributed by atoms with van der Waals surface area (Å²) in [6, 6.07) is 7.34. The van der Waals surface area contributed by atoms with Crippen LogP contribution in [0.4, 0.5) is 0 Å². The number of aromatic amines is 1. The van der Waals surface area contributed by atoms with Crippen LogP contribution in [0.25, 0.3) is 10.9 Å². The zero-order valence-corrected chi connectivity index (χ0v) is 11.9. The number of carbonyl (C=O) groups excluding carboxylic acids is 3. The van der Waals surface area contributed by atoms with Crippen molar-refractivity contribution < 1.29 is 14.4 Å². The lowest BCUT2D eigenvalue weighted by Gasteiger charge is -2.43. The van der Waals surface area contributed by atoms with Crippen LogP contribution in [0, 0.1) is 0 Å². The molecule has 2 aromatic rings. The largest absolute Gasteiger partial charge is 0.361 e. The molecule has 0 saturated carbocycles. The van der Waals surface area contributed by atoms with E-state index in [9.17, 15) is 14.4 Å². The van der Waals surface area contributed by atoms with Crippen molar-refractivity contribution in [2.75, 3.05) is 13.1 Å². The lowest BCUT2D eigenvalue weighted by molar-refractivity contribution is -0.144. The van der Waals surface area contributed by atoms with Crippen molar-refractivity contribution in [3.05, 3.63) is 36.0 Å². The summed E-state index contributed by atoms with van der Waals surface area (Å²) in [4.78, 5) is 41.9. The van der Waals surface area contributed by atoms with E-state index in [1.165, 1.54) is 4.90 Å². The third-order valence-electron chi connectivity index (χ3n) is 4.41. The van der Waals surface area contributed by atoms with Gasteiger partial charge < -0.3 is 9.88 Å². The van der Waals surface area contributed by atoms with E-state index in [2.05, 4.69) is 4.98 Å². The molecule has 0 spiro atoms. The Hall–Kier alpha value is -2.63. The maximum absolute atomic E-state index is 12.4. The smallest absolute Gasteiger partial charge is 0.254 e. The lowest BCUT2D eigenvalue weighted by atomic mass is 10.0. The molecule has 112 valence electrons. The third kappa shape index (κ3) is 1.91. The number of likely N-dealkylation sites (tertiary alicyclic amines) is 2. The summed E-state index contributed by atoms with van der Waals surface area (Å²) in [7, 11) is 0. The molecular weight excluding hydrogens is 282 g/mol. The van der Waals surface area contributed by atoms with Gasteiger partial charge in [0, 0.05) is 43.2 Å². The van der Waals surface area contributed by atoms with Crippen LogP contribution in [-0.4, -0.2) is 51.6 Å². The Morgan fingerprint density at radius 2 is 1.82 bits per heavy atom. The molecular formula is C16H15N3O3. The quantitative estimate of drug-likeness (QED) is 0.845. The number of benzene rings is 1. The van der Waals surface area contributed by atoms with Crippen molar-refractivity contribution in [1.82, 2.24) is 14.8 Å². The minimum atomic E-state index is -0.152. The van der Waals surface area contributed by atoms with Crippen LogP contribution in [0.15, 0.2) is 30.5 Å². The van der Waals surface area contributed by atoms with Gasteiger partial charge >= 0.3 is 0 Å². The average Bonchev–Trinajstić information content (AvgIpc) is 3.05. The highest BCUT2D eigenvalue weighted by Gasteiger charge is 2.42. The predicted molar refractivity (Wildman–Crippen MR) is 79.1 cm³/mol. The Morgan fingerprint density at radius 3 is 2.55 bits per heavy atom. The molecule has 6 nitrogen and oxygen atoms in total. The van der Waals surface area contributed by atoms with E-state index >= 15 is 0 Å². The Labute approximate surface area is 126 Å². The van der Waals surface area contributed by atoms with E-state index < -0.39 is 0 Å². The second-order valence-corrected chi connectivity index (χ2v) is 5.80. The summed E-state index contributed by atoms with van der Waals surface area (Å²) < 4.78 is 0. The first kappa shape index (κ1) is 13.1. The van der Waals surface area contributed by atoms with E-state index in [0.29, 0.717) is 31.5 Å². The number of nitrogens with zero attached hydrogens (tertiary/aromatic N) is 2. The van der Waals surface area contributed by atoms with Crippen molar-refractivity contribution in [1.29, 1.82) is 0 Å². The first-order valence-electron chi connectivity index (χ1n) is 7.35. The van der Waals surface area contributed by atoms with Gasteiger partial charge in [0.15, 0.2) is 0 Å². The van der Waals surface area contributed by atoms with Crippen LogP contribution in [0.3, 0.4) is 0 Å². The fourth-order valence-corrected chi connectivity index (χ4v) is 3.15. The second-order valence-electron chi connectivity index (χ2n) is 5.80. The third-order valence-corrected chi connectivity index (χ3v) is 4.41. The molecule has 0 radical (unpaired) electrons. The Morgan fingerprint density at radius 1 is 1.09 bits per heavy atom. The van der Waals surface area contributed by atoms with Crippen molar-refractivity contribution in [2.24, 2.45) is 0 Å². The number of rotatable bonds is 2.